The number of piperazine rings is 1. The van der Waals surface area contributed by atoms with Gasteiger partial charge in [-0.2, -0.15) is 0 Å². The van der Waals surface area contributed by atoms with Gasteiger partial charge in [-0.05, 0) is 31.3 Å². The topological polar surface area (TPSA) is 49.6 Å². The molecule has 1 heterocycles. The van der Waals surface area contributed by atoms with E-state index in [2.05, 4.69) is 16.7 Å². The molecule has 21 heavy (non-hydrogen) atoms. The Hall–Kier alpha value is -0.0300. The molecule has 0 bridgehead atoms. The number of hydrogen-bond donors (Lipinski definition) is 1. The predicted octanol–water partition coefficient (Wildman–Crippen LogP) is 2.29. The van der Waals surface area contributed by atoms with Gasteiger partial charge in [-0.1, -0.05) is 26.2 Å². The zero-order valence-corrected chi connectivity index (χ0v) is 14.8. The summed E-state index contributed by atoms with van der Waals surface area (Å²) in [5, 5.41) is 0. The van der Waals surface area contributed by atoms with Gasteiger partial charge < -0.3 is 15.5 Å². The van der Waals surface area contributed by atoms with E-state index in [4.69, 9.17) is 5.73 Å². The maximum atomic E-state index is 12.5. The van der Waals surface area contributed by atoms with Crippen molar-refractivity contribution in [2.75, 3.05) is 39.3 Å². The fourth-order valence-electron chi connectivity index (χ4n) is 3.50. The van der Waals surface area contributed by atoms with Gasteiger partial charge in [0.25, 0.3) is 0 Å². The van der Waals surface area contributed by atoms with Crippen LogP contribution in [0, 0.1) is 5.41 Å². The van der Waals surface area contributed by atoms with E-state index in [1.807, 2.05) is 0 Å². The summed E-state index contributed by atoms with van der Waals surface area (Å²) in [5.41, 5.74) is 6.09. The number of amides is 1. The van der Waals surface area contributed by atoms with Crippen LogP contribution in [0.25, 0.3) is 0 Å². The van der Waals surface area contributed by atoms with Gasteiger partial charge >= 0.3 is 0 Å². The first kappa shape index (κ1) is 21.0. The van der Waals surface area contributed by atoms with E-state index in [9.17, 15) is 4.79 Å². The molecule has 1 aliphatic heterocycles. The third-order valence-electron chi connectivity index (χ3n) is 5.05. The summed E-state index contributed by atoms with van der Waals surface area (Å²) in [6.07, 6.45) is 6.76. The molecular formula is C15H31Cl2N3O. The van der Waals surface area contributed by atoms with Gasteiger partial charge in [0.2, 0.25) is 5.91 Å². The molecule has 6 heteroatoms. The van der Waals surface area contributed by atoms with Crippen LogP contribution in [0.1, 0.15) is 45.4 Å². The molecule has 0 atom stereocenters. The van der Waals surface area contributed by atoms with Crippen LogP contribution < -0.4 is 5.73 Å². The van der Waals surface area contributed by atoms with Gasteiger partial charge in [0.15, 0.2) is 0 Å². The molecule has 1 amide bonds. The molecule has 0 spiro atoms. The van der Waals surface area contributed by atoms with Crippen molar-refractivity contribution < 1.29 is 4.79 Å². The predicted molar refractivity (Wildman–Crippen MR) is 92.4 cm³/mol. The summed E-state index contributed by atoms with van der Waals surface area (Å²) in [5.74, 6) is 0.336. The average Bonchev–Trinajstić information content (AvgIpc) is 2.48. The first-order valence-corrected chi connectivity index (χ1v) is 7.89. The lowest BCUT2D eigenvalue weighted by Crippen LogP contribution is -2.50. The number of carbonyl (C=O) groups is 1. The van der Waals surface area contributed by atoms with Crippen molar-refractivity contribution in [3.8, 4) is 0 Å². The summed E-state index contributed by atoms with van der Waals surface area (Å²) in [6.45, 7) is 7.79. The molecule has 2 rings (SSSR count). The minimum absolute atomic E-state index is 0. The Balaban J connectivity index is 0.00000200. The van der Waals surface area contributed by atoms with Gasteiger partial charge in [-0.25, -0.2) is 0 Å². The standard InChI is InChI=1S/C15H29N3O.2ClH/c1-2-17-8-10-18(11-9-17)14(19)12-15(13-16)6-4-3-5-7-15;;/h2-13,16H2,1H3;2*1H. The molecule has 2 N–H and O–H groups in total. The van der Waals surface area contributed by atoms with Crippen molar-refractivity contribution in [1.29, 1.82) is 0 Å². The second-order valence-corrected chi connectivity index (χ2v) is 6.26. The minimum Gasteiger partial charge on any atom is -0.340 e. The average molecular weight is 340 g/mol. The Labute approximate surface area is 141 Å². The van der Waals surface area contributed by atoms with Gasteiger partial charge in [0, 0.05) is 32.6 Å². The zero-order valence-electron chi connectivity index (χ0n) is 13.2. The molecule has 0 aromatic rings. The Morgan fingerprint density at radius 3 is 2.10 bits per heavy atom. The summed E-state index contributed by atoms with van der Waals surface area (Å²) >= 11 is 0. The van der Waals surface area contributed by atoms with Crippen LogP contribution in [0.15, 0.2) is 0 Å². The van der Waals surface area contributed by atoms with Crippen LogP contribution in [-0.4, -0.2) is 55.0 Å². The quantitative estimate of drug-likeness (QED) is 0.854. The van der Waals surface area contributed by atoms with Gasteiger partial charge in [-0.3, -0.25) is 4.79 Å². The highest BCUT2D eigenvalue weighted by atomic mass is 35.5. The van der Waals surface area contributed by atoms with Crippen molar-refractivity contribution in [2.24, 2.45) is 11.1 Å². The Morgan fingerprint density at radius 1 is 1.05 bits per heavy atom. The van der Waals surface area contributed by atoms with E-state index < -0.39 is 0 Å². The van der Waals surface area contributed by atoms with Crippen molar-refractivity contribution in [1.82, 2.24) is 9.80 Å². The molecule has 1 saturated heterocycles. The lowest BCUT2D eigenvalue weighted by Gasteiger charge is -2.39. The number of hydrogen-bond acceptors (Lipinski definition) is 3. The van der Waals surface area contributed by atoms with Crippen LogP contribution in [0.5, 0.6) is 0 Å². The molecule has 2 aliphatic rings. The van der Waals surface area contributed by atoms with E-state index in [1.54, 1.807) is 0 Å². The molecule has 1 aliphatic carbocycles. The maximum Gasteiger partial charge on any atom is 0.223 e. The third-order valence-corrected chi connectivity index (χ3v) is 5.05. The molecule has 0 aromatic carbocycles. The van der Waals surface area contributed by atoms with Gasteiger partial charge in [0.05, 0.1) is 0 Å². The molecule has 0 radical (unpaired) electrons. The fraction of sp³-hybridized carbons (Fsp3) is 0.933. The normalized spacial score (nSPS) is 22.1. The number of carbonyl (C=O) groups excluding carboxylic acids is 1. The highest BCUT2D eigenvalue weighted by Gasteiger charge is 2.34. The lowest BCUT2D eigenvalue weighted by molar-refractivity contribution is -0.136. The summed E-state index contributed by atoms with van der Waals surface area (Å²) < 4.78 is 0. The van der Waals surface area contributed by atoms with E-state index in [0.717, 1.165) is 45.6 Å². The number of halogens is 2. The summed E-state index contributed by atoms with van der Waals surface area (Å²) in [6, 6.07) is 0. The molecule has 0 aromatic heterocycles. The fourth-order valence-corrected chi connectivity index (χ4v) is 3.50. The van der Waals surface area contributed by atoms with Gasteiger partial charge in [-0.15, -0.1) is 24.8 Å². The maximum absolute atomic E-state index is 12.5. The Kier molecular flexibility index (Phi) is 9.87. The van der Waals surface area contributed by atoms with Crippen molar-refractivity contribution in [3.05, 3.63) is 0 Å². The molecule has 2 fully saturated rings. The number of likely N-dealkylation sites (N-methyl/N-ethyl adjacent to an activating group) is 1. The first-order chi connectivity index (χ1) is 9.19. The monoisotopic (exact) mass is 339 g/mol. The minimum atomic E-state index is 0. The van der Waals surface area contributed by atoms with Crippen LogP contribution in [0.4, 0.5) is 0 Å². The molecule has 0 unspecified atom stereocenters. The number of nitrogens with zero attached hydrogens (tertiary/aromatic N) is 2. The van der Waals surface area contributed by atoms with Gasteiger partial charge in [0.1, 0.15) is 0 Å². The highest BCUT2D eigenvalue weighted by molar-refractivity contribution is 5.85. The number of rotatable bonds is 4. The SMILES string of the molecule is CCN1CCN(C(=O)CC2(CN)CCCCC2)CC1.Cl.Cl. The number of nitrogens with two attached hydrogens (primary N) is 1. The van der Waals surface area contributed by atoms with Crippen LogP contribution in [0.3, 0.4) is 0 Å². The molecular weight excluding hydrogens is 309 g/mol. The highest BCUT2D eigenvalue weighted by Crippen LogP contribution is 2.38. The zero-order chi connectivity index (χ0) is 13.7. The molecule has 126 valence electrons. The molecule has 4 nitrogen and oxygen atoms in total. The Morgan fingerprint density at radius 2 is 1.62 bits per heavy atom. The largest absolute Gasteiger partial charge is 0.340 e. The lowest BCUT2D eigenvalue weighted by atomic mass is 9.71. The van der Waals surface area contributed by atoms with Crippen LogP contribution in [0.2, 0.25) is 0 Å². The second kappa shape index (κ2) is 9.88. The van der Waals surface area contributed by atoms with Crippen molar-refractivity contribution in [2.45, 2.75) is 45.4 Å². The van der Waals surface area contributed by atoms with E-state index in [-0.39, 0.29) is 30.2 Å². The van der Waals surface area contributed by atoms with E-state index in [1.165, 1.54) is 19.3 Å². The summed E-state index contributed by atoms with van der Waals surface area (Å²) in [4.78, 5) is 16.9. The van der Waals surface area contributed by atoms with Crippen LogP contribution in [-0.2, 0) is 4.79 Å². The third kappa shape index (κ3) is 5.59. The van der Waals surface area contributed by atoms with Crippen molar-refractivity contribution in [3.63, 3.8) is 0 Å². The summed E-state index contributed by atoms with van der Waals surface area (Å²) in [7, 11) is 0. The Bertz CT molecular complexity index is 301. The van der Waals surface area contributed by atoms with E-state index >= 15 is 0 Å². The van der Waals surface area contributed by atoms with Crippen LogP contribution >= 0.6 is 24.8 Å². The molecule has 1 saturated carbocycles. The smallest absolute Gasteiger partial charge is 0.223 e. The van der Waals surface area contributed by atoms with Crippen molar-refractivity contribution >= 4 is 30.7 Å². The van der Waals surface area contributed by atoms with E-state index in [0.29, 0.717) is 18.9 Å². The first-order valence-electron chi connectivity index (χ1n) is 7.89. The second-order valence-electron chi connectivity index (χ2n) is 6.26.